The topological polar surface area (TPSA) is 61.9 Å². The van der Waals surface area contributed by atoms with Gasteiger partial charge in [0.15, 0.2) is 0 Å². The fourth-order valence-corrected chi connectivity index (χ4v) is 2.97. The van der Waals surface area contributed by atoms with E-state index in [1.807, 2.05) is 13.8 Å². The molecule has 1 fully saturated rings. The molecule has 1 aromatic carbocycles. The molecular formula is C19H27F2N3O3. The van der Waals surface area contributed by atoms with Gasteiger partial charge in [0.05, 0.1) is 19.6 Å². The number of halogens is 2. The maximum Gasteiger partial charge on any atom is 0.322 e. The molecule has 0 aliphatic carbocycles. The molecule has 1 saturated heterocycles. The van der Waals surface area contributed by atoms with Crippen LogP contribution in [0.3, 0.4) is 0 Å². The lowest BCUT2D eigenvalue weighted by Crippen LogP contribution is -2.56. The highest BCUT2D eigenvalue weighted by Gasteiger charge is 2.42. The van der Waals surface area contributed by atoms with Gasteiger partial charge in [-0.25, -0.2) is 13.6 Å². The molecule has 0 aromatic heterocycles. The van der Waals surface area contributed by atoms with Crippen LogP contribution in [0.1, 0.15) is 26.3 Å². The number of hydrogen-bond acceptors (Lipinski definition) is 3. The monoisotopic (exact) mass is 383 g/mol. The third-order valence-corrected chi connectivity index (χ3v) is 4.72. The Morgan fingerprint density at radius 1 is 1.26 bits per heavy atom. The second kappa shape index (κ2) is 9.12. The van der Waals surface area contributed by atoms with E-state index in [0.717, 1.165) is 5.56 Å². The Balaban J connectivity index is 1.94. The molecule has 1 aliphatic heterocycles. The van der Waals surface area contributed by atoms with E-state index in [4.69, 9.17) is 4.74 Å². The lowest BCUT2D eigenvalue weighted by Gasteiger charge is -2.39. The zero-order chi connectivity index (χ0) is 20.0. The predicted octanol–water partition coefficient (Wildman–Crippen LogP) is 2.99. The Morgan fingerprint density at radius 2 is 1.89 bits per heavy atom. The molecule has 3 amide bonds. The van der Waals surface area contributed by atoms with Gasteiger partial charge < -0.3 is 19.9 Å². The smallest absolute Gasteiger partial charge is 0.322 e. The Bertz CT molecular complexity index is 650. The van der Waals surface area contributed by atoms with E-state index in [1.165, 1.54) is 11.8 Å². The Kier molecular flexibility index (Phi) is 7.12. The van der Waals surface area contributed by atoms with Gasteiger partial charge in [0, 0.05) is 25.3 Å². The summed E-state index contributed by atoms with van der Waals surface area (Å²) in [6.07, 6.45) is -2.37. The summed E-state index contributed by atoms with van der Waals surface area (Å²) in [5.41, 5.74) is -0.254. The van der Waals surface area contributed by atoms with Crippen LogP contribution in [0.5, 0.6) is 0 Å². The fraction of sp³-hybridized carbons (Fsp3) is 0.579. The first-order valence-electron chi connectivity index (χ1n) is 9.13. The summed E-state index contributed by atoms with van der Waals surface area (Å²) < 4.78 is 31.4. The number of carbonyl (C=O) groups is 2. The third-order valence-electron chi connectivity index (χ3n) is 4.72. The van der Waals surface area contributed by atoms with E-state index < -0.39 is 18.1 Å². The summed E-state index contributed by atoms with van der Waals surface area (Å²) in [5.74, 6) is 0.0522. The van der Waals surface area contributed by atoms with Crippen molar-refractivity contribution in [2.45, 2.75) is 39.2 Å². The Morgan fingerprint density at radius 3 is 2.44 bits per heavy atom. The van der Waals surface area contributed by atoms with Gasteiger partial charge >= 0.3 is 6.03 Å². The van der Waals surface area contributed by atoms with Gasteiger partial charge in [-0.05, 0) is 38.5 Å². The SMILES string of the molecule is CCN(CC)C(=O)Cc1ccc(NC(=O)N2CCOC(C)(C(F)F)C2)cc1. The number of rotatable bonds is 6. The molecule has 0 saturated carbocycles. The minimum absolute atomic E-state index is 0.0522. The molecule has 1 N–H and O–H groups in total. The largest absolute Gasteiger partial charge is 0.366 e. The molecule has 0 spiro atoms. The molecule has 1 aliphatic rings. The van der Waals surface area contributed by atoms with Gasteiger partial charge in [0.2, 0.25) is 5.91 Å². The quantitative estimate of drug-likeness (QED) is 0.822. The maximum atomic E-state index is 13.1. The van der Waals surface area contributed by atoms with Crippen molar-refractivity contribution in [3.8, 4) is 0 Å². The highest BCUT2D eigenvalue weighted by Crippen LogP contribution is 2.25. The molecule has 0 radical (unpaired) electrons. The zero-order valence-corrected chi connectivity index (χ0v) is 16.0. The third kappa shape index (κ3) is 5.38. The number of hydrogen-bond donors (Lipinski definition) is 1. The highest BCUT2D eigenvalue weighted by atomic mass is 19.3. The molecule has 1 aromatic rings. The van der Waals surface area contributed by atoms with Gasteiger partial charge in [-0.2, -0.15) is 0 Å². The molecule has 2 rings (SSSR count). The van der Waals surface area contributed by atoms with E-state index in [-0.39, 0.29) is 25.6 Å². The van der Waals surface area contributed by atoms with Crippen LogP contribution in [0, 0.1) is 0 Å². The second-order valence-electron chi connectivity index (χ2n) is 6.75. The summed E-state index contributed by atoms with van der Waals surface area (Å²) in [5, 5.41) is 2.71. The molecule has 150 valence electrons. The fourth-order valence-electron chi connectivity index (χ4n) is 2.97. The first-order chi connectivity index (χ1) is 12.8. The summed E-state index contributed by atoms with van der Waals surface area (Å²) in [6, 6.07) is 6.52. The van der Waals surface area contributed by atoms with Gasteiger partial charge in [-0.15, -0.1) is 0 Å². The van der Waals surface area contributed by atoms with Gasteiger partial charge in [-0.3, -0.25) is 4.79 Å². The minimum atomic E-state index is -2.67. The molecule has 8 heteroatoms. The first-order valence-corrected chi connectivity index (χ1v) is 9.13. The van der Waals surface area contributed by atoms with Crippen LogP contribution in [0.15, 0.2) is 24.3 Å². The van der Waals surface area contributed by atoms with E-state index in [0.29, 0.717) is 25.2 Å². The number of benzene rings is 1. The van der Waals surface area contributed by atoms with E-state index in [1.54, 1.807) is 29.2 Å². The number of ether oxygens (including phenoxy) is 1. The number of nitrogens with zero attached hydrogens (tertiary/aromatic N) is 2. The molecular weight excluding hydrogens is 356 g/mol. The van der Waals surface area contributed by atoms with Crippen molar-refractivity contribution in [1.82, 2.24) is 9.80 Å². The number of alkyl halides is 2. The van der Waals surface area contributed by atoms with Crippen LogP contribution in [0.2, 0.25) is 0 Å². The number of nitrogens with one attached hydrogen (secondary N) is 1. The molecule has 1 atom stereocenters. The van der Waals surface area contributed by atoms with Gasteiger partial charge in [-0.1, -0.05) is 12.1 Å². The summed E-state index contributed by atoms with van der Waals surface area (Å²) in [7, 11) is 0. The summed E-state index contributed by atoms with van der Waals surface area (Å²) in [4.78, 5) is 27.6. The molecule has 27 heavy (non-hydrogen) atoms. The first kappa shape index (κ1) is 21.1. The van der Waals surface area contributed by atoms with E-state index >= 15 is 0 Å². The van der Waals surface area contributed by atoms with Crippen LogP contribution in [-0.4, -0.2) is 66.6 Å². The number of morpholine rings is 1. The van der Waals surface area contributed by atoms with Gasteiger partial charge in [0.1, 0.15) is 5.60 Å². The van der Waals surface area contributed by atoms with E-state index in [9.17, 15) is 18.4 Å². The second-order valence-corrected chi connectivity index (χ2v) is 6.75. The average Bonchev–Trinajstić information content (AvgIpc) is 2.64. The van der Waals surface area contributed by atoms with Crippen molar-refractivity contribution in [1.29, 1.82) is 0 Å². The van der Waals surface area contributed by atoms with Crippen LogP contribution >= 0.6 is 0 Å². The van der Waals surface area contributed by atoms with Crippen molar-refractivity contribution in [2.24, 2.45) is 0 Å². The maximum absolute atomic E-state index is 13.1. The summed E-state index contributed by atoms with van der Waals surface area (Å²) >= 11 is 0. The average molecular weight is 383 g/mol. The zero-order valence-electron chi connectivity index (χ0n) is 16.0. The normalized spacial score (nSPS) is 19.9. The van der Waals surface area contributed by atoms with Gasteiger partial charge in [0.25, 0.3) is 6.43 Å². The van der Waals surface area contributed by atoms with Crippen molar-refractivity contribution in [3.05, 3.63) is 29.8 Å². The molecule has 1 heterocycles. The summed E-state index contributed by atoms with van der Waals surface area (Å²) in [6.45, 7) is 6.66. The lowest BCUT2D eigenvalue weighted by molar-refractivity contribution is -0.161. The minimum Gasteiger partial charge on any atom is -0.366 e. The number of amides is 3. The van der Waals surface area contributed by atoms with Crippen LogP contribution in [0.25, 0.3) is 0 Å². The van der Waals surface area contributed by atoms with Crippen molar-refractivity contribution in [3.63, 3.8) is 0 Å². The van der Waals surface area contributed by atoms with Crippen molar-refractivity contribution in [2.75, 3.05) is 38.1 Å². The lowest BCUT2D eigenvalue weighted by atomic mass is 10.1. The molecule has 1 unspecified atom stereocenters. The van der Waals surface area contributed by atoms with Crippen LogP contribution in [-0.2, 0) is 16.0 Å². The van der Waals surface area contributed by atoms with E-state index in [2.05, 4.69) is 5.32 Å². The molecule has 6 nitrogen and oxygen atoms in total. The number of likely N-dealkylation sites (N-methyl/N-ethyl adjacent to an activating group) is 1. The number of anilines is 1. The Labute approximate surface area is 158 Å². The Hall–Kier alpha value is -2.22. The number of carbonyl (C=O) groups excluding carboxylic acids is 2. The van der Waals surface area contributed by atoms with Crippen LogP contribution in [0.4, 0.5) is 19.3 Å². The standard InChI is InChI=1S/C19H27F2N3O3/c1-4-23(5-2)16(25)12-14-6-8-15(9-7-14)22-18(26)24-10-11-27-19(3,13-24)17(20)21/h6-9,17H,4-5,10-13H2,1-3H3,(H,22,26). The van der Waals surface area contributed by atoms with Crippen molar-refractivity contribution < 1.29 is 23.1 Å². The number of urea groups is 1. The van der Waals surface area contributed by atoms with Crippen LogP contribution < -0.4 is 5.32 Å². The molecule has 0 bridgehead atoms. The highest BCUT2D eigenvalue weighted by molar-refractivity contribution is 5.89. The predicted molar refractivity (Wildman–Crippen MR) is 99.0 cm³/mol. The van der Waals surface area contributed by atoms with Crippen molar-refractivity contribution >= 4 is 17.6 Å².